The van der Waals surface area contributed by atoms with E-state index in [1.54, 1.807) is 0 Å². The third-order valence-electron chi connectivity index (χ3n) is 2.82. The molecule has 1 aliphatic rings. The van der Waals surface area contributed by atoms with Crippen molar-refractivity contribution in [1.82, 2.24) is 9.55 Å². The first-order chi connectivity index (χ1) is 6.86. The van der Waals surface area contributed by atoms with Crippen molar-refractivity contribution in [3.8, 4) is 0 Å². The van der Waals surface area contributed by atoms with Crippen LogP contribution in [-0.4, -0.2) is 27.8 Å². The van der Waals surface area contributed by atoms with E-state index in [1.807, 2.05) is 12.5 Å². The van der Waals surface area contributed by atoms with E-state index >= 15 is 0 Å². The van der Waals surface area contributed by atoms with Crippen LogP contribution in [0.4, 0.5) is 0 Å². The number of aliphatic hydroxyl groups is 1. The summed E-state index contributed by atoms with van der Waals surface area (Å²) in [6.45, 7) is 0.774. The molecule has 0 spiro atoms. The average Bonchev–Trinajstić information content (AvgIpc) is 2.94. The lowest BCUT2D eigenvalue weighted by Gasteiger charge is -2.15. The van der Waals surface area contributed by atoms with Gasteiger partial charge in [0.15, 0.2) is 0 Å². The van der Waals surface area contributed by atoms with Gasteiger partial charge in [0.2, 0.25) is 0 Å². The fourth-order valence-corrected chi connectivity index (χ4v) is 1.83. The largest absolute Gasteiger partial charge is 0.396 e. The molecule has 0 aliphatic heterocycles. The number of aliphatic hydroxyl groups excluding tert-OH is 1. The monoisotopic (exact) mass is 195 g/mol. The van der Waals surface area contributed by atoms with E-state index in [0.717, 1.165) is 6.42 Å². The van der Waals surface area contributed by atoms with Crippen LogP contribution in [0.15, 0.2) is 12.5 Å². The van der Waals surface area contributed by atoms with E-state index < -0.39 is 0 Å². The predicted octanol–water partition coefficient (Wildman–Crippen LogP) is 0.643. The summed E-state index contributed by atoms with van der Waals surface area (Å²) < 4.78 is 2.22. The zero-order chi connectivity index (χ0) is 9.97. The molecule has 3 N–H and O–H groups in total. The highest BCUT2D eigenvalue weighted by Crippen LogP contribution is 2.37. The third kappa shape index (κ3) is 1.81. The van der Waals surface area contributed by atoms with Crippen LogP contribution in [0.25, 0.3) is 0 Å². The Labute approximate surface area is 83.8 Å². The molecule has 0 radical (unpaired) electrons. The number of rotatable bonds is 5. The fraction of sp³-hybridized carbons (Fsp3) is 0.700. The molecule has 0 saturated heterocycles. The minimum atomic E-state index is 0.192. The Kier molecular flexibility index (Phi) is 2.84. The standard InChI is InChI=1S/C10H17N3O/c11-5-8(3-4-14)10-6-12-7-13(10)9-1-2-9/h6-9,14H,1-5,11H2. The normalized spacial score (nSPS) is 18.4. The Morgan fingerprint density at radius 3 is 3.00 bits per heavy atom. The summed E-state index contributed by atoms with van der Waals surface area (Å²) >= 11 is 0. The van der Waals surface area contributed by atoms with E-state index in [9.17, 15) is 0 Å². The summed E-state index contributed by atoms with van der Waals surface area (Å²) in [5.41, 5.74) is 6.87. The van der Waals surface area contributed by atoms with Crippen molar-refractivity contribution in [2.24, 2.45) is 5.73 Å². The van der Waals surface area contributed by atoms with Gasteiger partial charge >= 0.3 is 0 Å². The first-order valence-corrected chi connectivity index (χ1v) is 5.19. The third-order valence-corrected chi connectivity index (χ3v) is 2.82. The molecule has 1 fully saturated rings. The first-order valence-electron chi connectivity index (χ1n) is 5.19. The molecule has 4 heteroatoms. The van der Waals surface area contributed by atoms with Crippen LogP contribution in [0.1, 0.15) is 36.9 Å². The highest BCUT2D eigenvalue weighted by Gasteiger charge is 2.27. The van der Waals surface area contributed by atoms with Crippen LogP contribution in [0.3, 0.4) is 0 Å². The molecule has 1 aliphatic carbocycles. The van der Waals surface area contributed by atoms with Gasteiger partial charge in [-0.25, -0.2) is 4.98 Å². The van der Waals surface area contributed by atoms with Crippen LogP contribution < -0.4 is 5.73 Å². The van der Waals surface area contributed by atoms with Gasteiger partial charge in [-0.05, 0) is 19.3 Å². The molecule has 1 aromatic rings. The first kappa shape index (κ1) is 9.68. The Morgan fingerprint density at radius 1 is 1.64 bits per heavy atom. The average molecular weight is 195 g/mol. The van der Waals surface area contributed by atoms with Crippen molar-refractivity contribution in [3.05, 3.63) is 18.2 Å². The van der Waals surface area contributed by atoms with E-state index in [0.29, 0.717) is 12.6 Å². The number of nitrogens with two attached hydrogens (primary N) is 1. The van der Waals surface area contributed by atoms with Gasteiger partial charge in [-0.1, -0.05) is 0 Å². The molecule has 1 unspecified atom stereocenters. The lowest BCUT2D eigenvalue weighted by molar-refractivity contribution is 0.274. The number of hydrogen-bond donors (Lipinski definition) is 2. The van der Waals surface area contributed by atoms with Crippen LogP contribution >= 0.6 is 0 Å². The Balaban J connectivity index is 2.15. The number of nitrogens with zero attached hydrogens (tertiary/aromatic N) is 2. The maximum absolute atomic E-state index is 8.93. The molecule has 0 aromatic carbocycles. The molecule has 78 valence electrons. The molecule has 1 atom stereocenters. The van der Waals surface area contributed by atoms with Gasteiger partial charge < -0.3 is 15.4 Å². The zero-order valence-electron chi connectivity index (χ0n) is 8.26. The predicted molar refractivity (Wildman–Crippen MR) is 54.0 cm³/mol. The fourth-order valence-electron chi connectivity index (χ4n) is 1.83. The number of hydrogen-bond acceptors (Lipinski definition) is 3. The minimum Gasteiger partial charge on any atom is -0.396 e. The maximum Gasteiger partial charge on any atom is 0.0950 e. The van der Waals surface area contributed by atoms with Crippen molar-refractivity contribution in [1.29, 1.82) is 0 Å². The van der Waals surface area contributed by atoms with E-state index in [4.69, 9.17) is 10.8 Å². The molecular weight excluding hydrogens is 178 g/mol. The van der Waals surface area contributed by atoms with Gasteiger partial charge in [0.1, 0.15) is 0 Å². The van der Waals surface area contributed by atoms with Gasteiger partial charge in [0, 0.05) is 37.0 Å². The second kappa shape index (κ2) is 4.11. The summed E-state index contributed by atoms with van der Waals surface area (Å²) in [6, 6.07) is 0.639. The molecule has 14 heavy (non-hydrogen) atoms. The topological polar surface area (TPSA) is 64.1 Å². The number of imidazole rings is 1. The summed E-state index contributed by atoms with van der Waals surface area (Å²) in [7, 11) is 0. The quantitative estimate of drug-likeness (QED) is 0.724. The van der Waals surface area contributed by atoms with Gasteiger partial charge in [0.05, 0.1) is 6.33 Å². The summed E-state index contributed by atoms with van der Waals surface area (Å²) in [5, 5.41) is 8.93. The Hall–Kier alpha value is -0.870. The van der Waals surface area contributed by atoms with Crippen LogP contribution in [0.2, 0.25) is 0 Å². The molecule has 1 aromatic heterocycles. The summed E-state index contributed by atoms with van der Waals surface area (Å²) in [5.74, 6) is 0.253. The molecule has 2 rings (SSSR count). The lowest BCUT2D eigenvalue weighted by atomic mass is 10.0. The molecule has 1 saturated carbocycles. The molecule has 0 bridgehead atoms. The highest BCUT2D eigenvalue weighted by atomic mass is 16.3. The van der Waals surface area contributed by atoms with Crippen LogP contribution in [-0.2, 0) is 0 Å². The van der Waals surface area contributed by atoms with Crippen LogP contribution in [0, 0.1) is 0 Å². The highest BCUT2D eigenvalue weighted by molar-refractivity contribution is 5.10. The van der Waals surface area contributed by atoms with Gasteiger partial charge in [-0.2, -0.15) is 0 Å². The van der Waals surface area contributed by atoms with Crippen LogP contribution in [0.5, 0.6) is 0 Å². The second-order valence-corrected chi connectivity index (χ2v) is 3.90. The number of aromatic nitrogens is 2. The smallest absolute Gasteiger partial charge is 0.0950 e. The molecule has 0 amide bonds. The van der Waals surface area contributed by atoms with E-state index in [2.05, 4.69) is 9.55 Å². The van der Waals surface area contributed by atoms with Crippen molar-refractivity contribution in [2.75, 3.05) is 13.2 Å². The van der Waals surface area contributed by atoms with Crippen molar-refractivity contribution >= 4 is 0 Å². The van der Waals surface area contributed by atoms with Crippen molar-refractivity contribution in [2.45, 2.75) is 31.2 Å². The van der Waals surface area contributed by atoms with Gasteiger partial charge in [-0.3, -0.25) is 0 Å². The lowest BCUT2D eigenvalue weighted by Crippen LogP contribution is -2.17. The van der Waals surface area contributed by atoms with Gasteiger partial charge in [-0.15, -0.1) is 0 Å². The van der Waals surface area contributed by atoms with E-state index in [-0.39, 0.29) is 12.5 Å². The molecule has 1 heterocycles. The maximum atomic E-state index is 8.93. The summed E-state index contributed by atoms with van der Waals surface area (Å²) in [6.07, 6.45) is 6.99. The Bertz CT molecular complexity index is 293. The molecular formula is C10H17N3O. The van der Waals surface area contributed by atoms with E-state index in [1.165, 1.54) is 18.5 Å². The summed E-state index contributed by atoms with van der Waals surface area (Å²) in [4.78, 5) is 4.16. The van der Waals surface area contributed by atoms with Crippen molar-refractivity contribution < 1.29 is 5.11 Å². The molecule has 4 nitrogen and oxygen atoms in total. The van der Waals surface area contributed by atoms with Crippen molar-refractivity contribution in [3.63, 3.8) is 0 Å². The zero-order valence-corrected chi connectivity index (χ0v) is 8.26. The Morgan fingerprint density at radius 2 is 2.43 bits per heavy atom. The second-order valence-electron chi connectivity index (χ2n) is 3.90. The van der Waals surface area contributed by atoms with Gasteiger partial charge in [0.25, 0.3) is 0 Å². The minimum absolute atomic E-state index is 0.192. The SMILES string of the molecule is NCC(CCO)c1cncn1C1CC1.